The van der Waals surface area contributed by atoms with Crippen molar-refractivity contribution >= 4 is 33.4 Å². The Labute approximate surface area is 155 Å². The van der Waals surface area contributed by atoms with Crippen LogP contribution in [0.2, 0.25) is 0 Å². The molecule has 0 spiro atoms. The summed E-state index contributed by atoms with van der Waals surface area (Å²) in [6, 6.07) is 15.3. The fourth-order valence-electron chi connectivity index (χ4n) is 3.07. The van der Waals surface area contributed by atoms with Crippen LogP contribution in [0.5, 0.6) is 0 Å². The second kappa shape index (κ2) is 7.25. The normalized spacial score (nSPS) is 16.2. The maximum absolute atomic E-state index is 12.3. The van der Waals surface area contributed by atoms with E-state index in [2.05, 4.69) is 16.4 Å². The Morgan fingerprint density at radius 1 is 1.19 bits per heavy atom. The molecule has 1 aliphatic rings. The van der Waals surface area contributed by atoms with E-state index < -0.39 is 12.1 Å². The number of nitrogens with zero attached hydrogens (tertiary/aromatic N) is 1. The van der Waals surface area contributed by atoms with E-state index in [4.69, 9.17) is 4.74 Å². The third-order valence-electron chi connectivity index (χ3n) is 4.39. The van der Waals surface area contributed by atoms with Crippen LogP contribution >= 0.6 is 11.3 Å². The molecule has 0 saturated heterocycles. The number of carbonyl (C=O) groups excluding carboxylic acids is 2. The zero-order chi connectivity index (χ0) is 17.9. The monoisotopic (exact) mass is 366 g/mol. The number of esters is 1. The van der Waals surface area contributed by atoms with Gasteiger partial charge >= 0.3 is 5.97 Å². The molecular formula is C20H18N2O3S. The topological polar surface area (TPSA) is 68.3 Å². The number of benzene rings is 2. The molecule has 1 N–H and O–H groups in total. The van der Waals surface area contributed by atoms with Gasteiger partial charge in [0.25, 0.3) is 5.91 Å². The lowest BCUT2D eigenvalue weighted by Gasteiger charge is -2.23. The van der Waals surface area contributed by atoms with Crippen LogP contribution in [-0.4, -0.2) is 29.5 Å². The van der Waals surface area contributed by atoms with E-state index in [1.807, 2.05) is 30.3 Å². The van der Waals surface area contributed by atoms with Crippen LogP contribution in [0.4, 0.5) is 0 Å². The van der Waals surface area contributed by atoms with Gasteiger partial charge in [-0.3, -0.25) is 4.79 Å². The molecule has 0 fully saturated rings. The summed E-state index contributed by atoms with van der Waals surface area (Å²) in [5.74, 6) is -0.668. The highest BCUT2D eigenvalue weighted by molar-refractivity contribution is 7.18. The number of para-hydroxylation sites is 1. The molecule has 1 atom stereocenters. The molecule has 4 rings (SSSR count). The summed E-state index contributed by atoms with van der Waals surface area (Å²) in [7, 11) is 0. The zero-order valence-corrected chi connectivity index (χ0v) is 14.9. The third-order valence-corrected chi connectivity index (χ3v) is 5.49. The van der Waals surface area contributed by atoms with Crippen molar-refractivity contribution in [1.82, 2.24) is 10.3 Å². The first-order valence-corrected chi connectivity index (χ1v) is 9.43. The van der Waals surface area contributed by atoms with Gasteiger partial charge in [0.15, 0.2) is 6.10 Å². The number of aryl methyl sites for hydroxylation is 1. The Balaban J connectivity index is 1.28. The fraction of sp³-hybridized carbons (Fsp3) is 0.250. The Morgan fingerprint density at radius 3 is 2.88 bits per heavy atom. The molecule has 132 valence electrons. The first-order valence-electron chi connectivity index (χ1n) is 8.62. The molecule has 2 heterocycles. The number of ether oxygens (including phenoxy) is 1. The van der Waals surface area contributed by atoms with Gasteiger partial charge < -0.3 is 10.1 Å². The molecule has 3 aromatic rings. The van der Waals surface area contributed by atoms with Crippen LogP contribution in [0.3, 0.4) is 0 Å². The fourth-order valence-corrected chi connectivity index (χ4v) is 4.08. The molecule has 0 aliphatic carbocycles. The van der Waals surface area contributed by atoms with Crippen molar-refractivity contribution in [3.8, 4) is 0 Å². The van der Waals surface area contributed by atoms with Crippen LogP contribution in [0, 0.1) is 0 Å². The lowest BCUT2D eigenvalue weighted by molar-refractivity contribution is -0.130. The van der Waals surface area contributed by atoms with Gasteiger partial charge in [0.2, 0.25) is 0 Å². The molecule has 0 bridgehead atoms. The Morgan fingerprint density at radius 2 is 2.00 bits per heavy atom. The van der Waals surface area contributed by atoms with Gasteiger partial charge in [-0.2, -0.15) is 0 Å². The first-order chi connectivity index (χ1) is 12.7. The predicted molar refractivity (Wildman–Crippen MR) is 100 cm³/mol. The van der Waals surface area contributed by atoms with E-state index in [9.17, 15) is 9.59 Å². The number of fused-ring (bicyclic) bond motifs is 2. The van der Waals surface area contributed by atoms with Crippen molar-refractivity contribution in [2.24, 2.45) is 0 Å². The summed E-state index contributed by atoms with van der Waals surface area (Å²) in [5.41, 5.74) is 2.43. The van der Waals surface area contributed by atoms with E-state index >= 15 is 0 Å². The maximum atomic E-state index is 12.3. The minimum Gasteiger partial charge on any atom is -0.448 e. The number of cyclic esters (lactones) is 1. The number of hydrogen-bond acceptors (Lipinski definition) is 5. The van der Waals surface area contributed by atoms with E-state index in [1.54, 1.807) is 23.5 Å². The zero-order valence-electron chi connectivity index (χ0n) is 14.1. The predicted octanol–water partition coefficient (Wildman–Crippen LogP) is 3.13. The summed E-state index contributed by atoms with van der Waals surface area (Å²) in [6.07, 6.45) is 1.28. The average molecular weight is 366 g/mol. The highest BCUT2D eigenvalue weighted by atomic mass is 32.1. The number of rotatable bonds is 5. The van der Waals surface area contributed by atoms with Gasteiger partial charge in [-0.25, -0.2) is 9.78 Å². The van der Waals surface area contributed by atoms with E-state index in [0.29, 0.717) is 18.5 Å². The highest BCUT2D eigenvalue weighted by Gasteiger charge is 2.30. The van der Waals surface area contributed by atoms with Crippen LogP contribution < -0.4 is 5.32 Å². The van der Waals surface area contributed by atoms with Gasteiger partial charge in [0.05, 0.1) is 20.8 Å². The summed E-state index contributed by atoms with van der Waals surface area (Å²) in [5, 5.41) is 3.94. The van der Waals surface area contributed by atoms with Crippen molar-refractivity contribution in [2.75, 3.05) is 6.54 Å². The second-order valence-corrected chi connectivity index (χ2v) is 7.34. The number of thiazole rings is 1. The molecule has 0 saturated carbocycles. The van der Waals surface area contributed by atoms with Gasteiger partial charge in [-0.05, 0) is 30.2 Å². The molecular weight excluding hydrogens is 348 g/mol. The van der Waals surface area contributed by atoms with E-state index in [-0.39, 0.29) is 5.91 Å². The number of hydrogen-bond donors (Lipinski definition) is 1. The van der Waals surface area contributed by atoms with Gasteiger partial charge in [0, 0.05) is 19.4 Å². The van der Waals surface area contributed by atoms with Crippen LogP contribution in [0.1, 0.15) is 27.3 Å². The first kappa shape index (κ1) is 16.7. The number of nitrogens with one attached hydrogen (secondary N) is 1. The number of amides is 1. The lowest BCUT2D eigenvalue weighted by Crippen LogP contribution is -2.42. The van der Waals surface area contributed by atoms with E-state index in [0.717, 1.165) is 28.9 Å². The van der Waals surface area contributed by atoms with Crippen molar-refractivity contribution in [2.45, 2.75) is 25.4 Å². The highest BCUT2D eigenvalue weighted by Crippen LogP contribution is 2.22. The molecule has 5 nitrogen and oxygen atoms in total. The average Bonchev–Trinajstić information content (AvgIpc) is 3.08. The lowest BCUT2D eigenvalue weighted by atomic mass is 9.98. The van der Waals surface area contributed by atoms with Gasteiger partial charge in [-0.1, -0.05) is 30.3 Å². The molecule has 6 heteroatoms. The third kappa shape index (κ3) is 3.46. The summed E-state index contributed by atoms with van der Waals surface area (Å²) >= 11 is 1.68. The number of aromatic nitrogens is 1. The molecule has 0 radical (unpaired) electrons. The van der Waals surface area contributed by atoms with Crippen LogP contribution in [0.25, 0.3) is 10.2 Å². The SMILES string of the molecule is O=C1OC(C(=O)NCCCc2nc3ccccc3s2)Cc2ccccc21. The summed E-state index contributed by atoms with van der Waals surface area (Å²) in [6.45, 7) is 0.532. The van der Waals surface area contributed by atoms with Crippen LogP contribution in [0.15, 0.2) is 48.5 Å². The molecule has 1 amide bonds. The van der Waals surface area contributed by atoms with Gasteiger partial charge in [0.1, 0.15) is 0 Å². The quantitative estimate of drug-likeness (QED) is 0.556. The number of carbonyl (C=O) groups is 2. The Hall–Kier alpha value is -2.73. The van der Waals surface area contributed by atoms with E-state index in [1.165, 1.54) is 4.70 Å². The molecule has 26 heavy (non-hydrogen) atoms. The molecule has 2 aromatic carbocycles. The summed E-state index contributed by atoms with van der Waals surface area (Å²) in [4.78, 5) is 28.9. The van der Waals surface area contributed by atoms with Crippen molar-refractivity contribution in [1.29, 1.82) is 0 Å². The molecule has 1 aliphatic heterocycles. The second-order valence-electron chi connectivity index (χ2n) is 6.23. The van der Waals surface area contributed by atoms with Crippen molar-refractivity contribution in [3.63, 3.8) is 0 Å². The smallest absolute Gasteiger partial charge is 0.339 e. The van der Waals surface area contributed by atoms with Crippen molar-refractivity contribution < 1.29 is 14.3 Å². The minimum atomic E-state index is -0.750. The Bertz CT molecular complexity index is 933. The summed E-state index contributed by atoms with van der Waals surface area (Å²) < 4.78 is 6.45. The Kier molecular flexibility index (Phi) is 4.67. The molecule has 1 aromatic heterocycles. The van der Waals surface area contributed by atoms with Crippen LogP contribution in [-0.2, 0) is 22.4 Å². The molecule has 1 unspecified atom stereocenters. The van der Waals surface area contributed by atoms with Gasteiger partial charge in [-0.15, -0.1) is 11.3 Å². The maximum Gasteiger partial charge on any atom is 0.339 e. The van der Waals surface area contributed by atoms with Crippen molar-refractivity contribution in [3.05, 3.63) is 64.7 Å². The largest absolute Gasteiger partial charge is 0.448 e. The standard InChI is InChI=1S/C20H18N2O3S/c23-19(16-12-13-6-1-2-7-14(13)20(24)25-16)21-11-5-10-18-22-15-8-3-4-9-17(15)26-18/h1-4,6-9,16H,5,10-12H2,(H,21,23). The minimum absolute atomic E-state index is 0.239.